The zero-order valence-corrected chi connectivity index (χ0v) is 21.2. The van der Waals surface area contributed by atoms with Crippen LogP contribution in [0.25, 0.3) is 0 Å². The van der Waals surface area contributed by atoms with Crippen molar-refractivity contribution in [2.45, 2.75) is 84.0 Å². The molecular formula is C26H47N3O4. The molecule has 0 radical (unpaired) electrons. The number of allylic oxidation sites excluding steroid dienone is 4. The van der Waals surface area contributed by atoms with Crippen molar-refractivity contribution in [3.8, 4) is 0 Å². The summed E-state index contributed by atoms with van der Waals surface area (Å²) in [7, 11) is 3.56. The van der Waals surface area contributed by atoms with Crippen LogP contribution in [-0.2, 0) is 19.1 Å². The number of hydrogen-bond donors (Lipinski definition) is 2. The van der Waals surface area contributed by atoms with Gasteiger partial charge < -0.3 is 20.3 Å². The molecule has 0 heterocycles. The Morgan fingerprint density at radius 2 is 1.42 bits per heavy atom. The van der Waals surface area contributed by atoms with Gasteiger partial charge in [0.1, 0.15) is 6.61 Å². The average Bonchev–Trinajstić information content (AvgIpc) is 2.77. The molecule has 2 amide bonds. The van der Waals surface area contributed by atoms with Gasteiger partial charge in [0.05, 0.1) is 19.6 Å². The Morgan fingerprint density at radius 1 is 0.788 bits per heavy atom. The van der Waals surface area contributed by atoms with Crippen LogP contribution in [0.15, 0.2) is 24.3 Å². The predicted octanol–water partition coefficient (Wildman–Crippen LogP) is 4.14. The number of amides is 2. The highest BCUT2D eigenvalue weighted by atomic mass is 16.5. The highest BCUT2D eigenvalue weighted by molar-refractivity contribution is 5.85. The van der Waals surface area contributed by atoms with Crippen LogP contribution in [0.4, 0.5) is 0 Å². The van der Waals surface area contributed by atoms with E-state index in [4.69, 9.17) is 4.74 Å². The fraction of sp³-hybridized carbons (Fsp3) is 0.731. The van der Waals surface area contributed by atoms with Gasteiger partial charge in [0.15, 0.2) is 0 Å². The minimum Gasteiger partial charge on any atom is -0.464 e. The van der Waals surface area contributed by atoms with E-state index in [0.29, 0.717) is 6.42 Å². The van der Waals surface area contributed by atoms with E-state index in [0.717, 1.165) is 32.1 Å². The first kappa shape index (κ1) is 30.9. The third kappa shape index (κ3) is 24.3. The van der Waals surface area contributed by atoms with Crippen LogP contribution in [0.1, 0.15) is 84.0 Å². The molecule has 0 aliphatic rings. The van der Waals surface area contributed by atoms with Gasteiger partial charge in [-0.3, -0.25) is 14.4 Å². The van der Waals surface area contributed by atoms with Crippen molar-refractivity contribution >= 4 is 17.8 Å². The molecule has 0 aliphatic heterocycles. The molecule has 0 unspecified atom stereocenters. The van der Waals surface area contributed by atoms with Crippen molar-refractivity contribution < 1.29 is 19.1 Å². The zero-order chi connectivity index (χ0) is 24.6. The molecule has 0 aromatic heterocycles. The van der Waals surface area contributed by atoms with Gasteiger partial charge in [-0.2, -0.15) is 0 Å². The molecule has 0 rings (SSSR count). The van der Waals surface area contributed by atoms with E-state index in [1.807, 2.05) is 0 Å². The summed E-state index contributed by atoms with van der Waals surface area (Å²) >= 11 is 0. The molecule has 0 saturated carbocycles. The summed E-state index contributed by atoms with van der Waals surface area (Å²) in [6, 6.07) is 0. The summed E-state index contributed by atoms with van der Waals surface area (Å²) < 4.78 is 5.13. The second-order valence-corrected chi connectivity index (χ2v) is 8.57. The zero-order valence-electron chi connectivity index (χ0n) is 21.2. The second-order valence-electron chi connectivity index (χ2n) is 8.57. The fourth-order valence-corrected chi connectivity index (χ4v) is 3.09. The van der Waals surface area contributed by atoms with Crippen molar-refractivity contribution in [1.29, 1.82) is 0 Å². The molecule has 0 atom stereocenters. The summed E-state index contributed by atoms with van der Waals surface area (Å²) in [4.78, 5) is 36.5. The van der Waals surface area contributed by atoms with Gasteiger partial charge in [0.2, 0.25) is 11.8 Å². The van der Waals surface area contributed by atoms with Crippen LogP contribution in [0.5, 0.6) is 0 Å². The molecule has 7 nitrogen and oxygen atoms in total. The molecule has 0 spiro atoms. The van der Waals surface area contributed by atoms with E-state index >= 15 is 0 Å². The number of rotatable bonds is 21. The monoisotopic (exact) mass is 465 g/mol. The van der Waals surface area contributed by atoms with E-state index in [-0.39, 0.29) is 44.0 Å². The number of nitrogens with zero attached hydrogens (tertiary/aromatic N) is 1. The molecule has 0 aromatic carbocycles. The first-order valence-electron chi connectivity index (χ1n) is 12.6. The maximum atomic E-state index is 11.7. The Morgan fingerprint density at radius 3 is 2.09 bits per heavy atom. The quantitative estimate of drug-likeness (QED) is 0.151. The van der Waals surface area contributed by atoms with Crippen LogP contribution in [-0.4, -0.2) is 63.0 Å². The Bertz CT molecular complexity index is 574. The number of likely N-dealkylation sites (N-methyl/N-ethyl adjacent to an activating group) is 1. The number of carbonyl (C=O) groups is 3. The number of unbranched alkanes of at least 4 members (excludes halogenated alkanes) is 8. The molecule has 2 N–H and O–H groups in total. The van der Waals surface area contributed by atoms with Gasteiger partial charge in [-0.25, -0.2) is 0 Å². The van der Waals surface area contributed by atoms with Crippen molar-refractivity contribution in [2.75, 3.05) is 40.3 Å². The van der Waals surface area contributed by atoms with Gasteiger partial charge in [-0.1, -0.05) is 63.3 Å². The van der Waals surface area contributed by atoms with Gasteiger partial charge in [0, 0.05) is 6.42 Å². The van der Waals surface area contributed by atoms with Crippen molar-refractivity contribution in [3.05, 3.63) is 24.3 Å². The molecule has 190 valence electrons. The average molecular weight is 466 g/mol. The maximum absolute atomic E-state index is 11.7. The van der Waals surface area contributed by atoms with E-state index in [9.17, 15) is 14.4 Å². The van der Waals surface area contributed by atoms with Crippen LogP contribution in [0.2, 0.25) is 0 Å². The topological polar surface area (TPSA) is 87.7 Å². The van der Waals surface area contributed by atoms with E-state index in [1.54, 1.807) is 19.0 Å². The molecule has 0 fully saturated rings. The molecule has 0 aromatic rings. The van der Waals surface area contributed by atoms with Crippen LogP contribution in [0, 0.1) is 0 Å². The van der Waals surface area contributed by atoms with E-state index in [1.165, 1.54) is 38.5 Å². The van der Waals surface area contributed by atoms with Crippen LogP contribution in [0.3, 0.4) is 0 Å². The Hall–Kier alpha value is -2.15. The van der Waals surface area contributed by atoms with Gasteiger partial charge in [-0.05, 0) is 52.6 Å². The SMILES string of the molecule is CCCCC/C=C\C/C=C\CCCCCCCC(=O)OCCNC(=O)CNC(=O)CN(C)C. The lowest BCUT2D eigenvalue weighted by Crippen LogP contribution is -2.41. The van der Waals surface area contributed by atoms with E-state index in [2.05, 4.69) is 41.9 Å². The van der Waals surface area contributed by atoms with Crippen molar-refractivity contribution in [3.63, 3.8) is 0 Å². The molecule has 7 heteroatoms. The molecule has 0 saturated heterocycles. The van der Waals surface area contributed by atoms with Gasteiger partial charge in [0.25, 0.3) is 0 Å². The third-order valence-corrected chi connectivity index (χ3v) is 4.92. The molecular weight excluding hydrogens is 418 g/mol. The lowest BCUT2D eigenvalue weighted by molar-refractivity contribution is -0.144. The predicted molar refractivity (Wildman–Crippen MR) is 135 cm³/mol. The third-order valence-electron chi connectivity index (χ3n) is 4.92. The fourth-order valence-electron chi connectivity index (χ4n) is 3.09. The van der Waals surface area contributed by atoms with Crippen molar-refractivity contribution in [1.82, 2.24) is 15.5 Å². The summed E-state index contributed by atoms with van der Waals surface area (Å²) in [6.07, 6.45) is 22.1. The van der Waals surface area contributed by atoms with Crippen LogP contribution >= 0.6 is 0 Å². The van der Waals surface area contributed by atoms with Gasteiger partial charge in [-0.15, -0.1) is 0 Å². The summed E-state index contributed by atoms with van der Waals surface area (Å²) in [5, 5.41) is 5.14. The molecule has 0 aliphatic carbocycles. The summed E-state index contributed by atoms with van der Waals surface area (Å²) in [6.45, 7) is 2.78. The second kappa shape index (κ2) is 23.0. The first-order chi connectivity index (χ1) is 16.0. The highest BCUT2D eigenvalue weighted by Crippen LogP contribution is 2.08. The van der Waals surface area contributed by atoms with Gasteiger partial charge >= 0.3 is 5.97 Å². The minimum atomic E-state index is -0.299. The largest absolute Gasteiger partial charge is 0.464 e. The summed E-state index contributed by atoms with van der Waals surface area (Å²) in [5.41, 5.74) is 0. The minimum absolute atomic E-state index is 0.0768. The first-order valence-corrected chi connectivity index (χ1v) is 12.6. The standard InChI is InChI=1S/C26H47N3O4/c1-4-5-6-7-8-9-10-11-12-13-14-15-16-17-18-19-26(32)33-21-20-27-24(30)22-28-25(31)23-29(2)3/h8-9,11-12H,4-7,10,13-23H2,1-3H3,(H,27,30)(H,28,31)/b9-8-,12-11-. The smallest absolute Gasteiger partial charge is 0.305 e. The summed E-state index contributed by atoms with van der Waals surface area (Å²) in [5.74, 6) is -0.736. The lowest BCUT2D eigenvalue weighted by Gasteiger charge is -2.10. The molecule has 33 heavy (non-hydrogen) atoms. The number of hydrogen-bond acceptors (Lipinski definition) is 5. The van der Waals surface area contributed by atoms with E-state index < -0.39 is 0 Å². The lowest BCUT2D eigenvalue weighted by atomic mass is 10.1. The number of esters is 1. The highest BCUT2D eigenvalue weighted by Gasteiger charge is 2.07. The number of nitrogens with one attached hydrogen (secondary N) is 2. The Balaban J connectivity index is 3.45. The number of carbonyl (C=O) groups excluding carboxylic acids is 3. The molecule has 0 bridgehead atoms. The maximum Gasteiger partial charge on any atom is 0.305 e. The Kier molecular flexibility index (Phi) is 21.5. The number of ether oxygens (including phenoxy) is 1. The van der Waals surface area contributed by atoms with Crippen LogP contribution < -0.4 is 10.6 Å². The normalized spacial score (nSPS) is 11.4. The van der Waals surface area contributed by atoms with Crippen molar-refractivity contribution in [2.24, 2.45) is 0 Å². The Labute approximate surface area is 201 Å².